The highest BCUT2D eigenvalue weighted by molar-refractivity contribution is 7.92. The van der Waals surface area contributed by atoms with Crippen LogP contribution in [0, 0.1) is 6.92 Å². The Kier molecular flexibility index (Phi) is 6.06. The molecule has 35 heavy (non-hydrogen) atoms. The van der Waals surface area contributed by atoms with Gasteiger partial charge in [0.25, 0.3) is 10.0 Å². The molecular formula is C24H22N8O2S. The SMILES string of the molecule is Cc1nc(Nc2ccc(S(=O)(=O)Nc3ncccn3)cc2)c2cnn(CCc3ccccc3)c2n1. The fraction of sp³-hybridized carbons (Fsp3) is 0.125. The minimum atomic E-state index is -3.81. The number of hydrogen-bond donors (Lipinski definition) is 2. The van der Waals surface area contributed by atoms with Gasteiger partial charge in [-0.25, -0.2) is 37.8 Å². The van der Waals surface area contributed by atoms with Crippen molar-refractivity contribution >= 4 is 38.5 Å². The van der Waals surface area contributed by atoms with Gasteiger partial charge in [-0.3, -0.25) is 0 Å². The van der Waals surface area contributed by atoms with Crippen molar-refractivity contribution in [1.29, 1.82) is 0 Å². The number of aryl methyl sites for hydroxylation is 3. The molecule has 5 rings (SSSR count). The summed E-state index contributed by atoms with van der Waals surface area (Å²) in [5.74, 6) is 1.22. The standard InChI is InChI=1S/C24H22N8O2S/c1-17-28-22(21-16-27-32(23(21)29-17)15-12-18-6-3-2-4-7-18)30-19-8-10-20(11-9-19)35(33,34)31-24-25-13-5-14-26-24/h2-11,13-14,16H,12,15H2,1H3,(H,25,26,31)(H,28,29,30). The number of fused-ring (bicyclic) bond motifs is 1. The number of rotatable bonds is 8. The van der Waals surface area contributed by atoms with E-state index in [0.29, 0.717) is 23.9 Å². The Morgan fingerprint density at radius 2 is 1.66 bits per heavy atom. The van der Waals surface area contributed by atoms with E-state index in [0.717, 1.165) is 17.5 Å². The molecule has 5 aromatic rings. The molecule has 0 fully saturated rings. The topological polar surface area (TPSA) is 128 Å². The molecule has 2 N–H and O–H groups in total. The molecule has 11 heteroatoms. The average Bonchev–Trinajstić information content (AvgIpc) is 3.27. The van der Waals surface area contributed by atoms with Crippen LogP contribution in [-0.2, 0) is 23.0 Å². The first kappa shape index (κ1) is 22.4. The second-order valence-electron chi connectivity index (χ2n) is 7.79. The van der Waals surface area contributed by atoms with Crippen LogP contribution in [-0.4, -0.2) is 38.1 Å². The van der Waals surface area contributed by atoms with Crippen LogP contribution >= 0.6 is 0 Å². The number of benzene rings is 2. The third-order valence-electron chi connectivity index (χ3n) is 5.28. The lowest BCUT2D eigenvalue weighted by molar-refractivity contribution is 0.601. The summed E-state index contributed by atoms with van der Waals surface area (Å²) in [6.45, 7) is 2.51. The Hall–Kier alpha value is -4.38. The second kappa shape index (κ2) is 9.47. The minimum Gasteiger partial charge on any atom is -0.340 e. The minimum absolute atomic E-state index is 0.0119. The quantitative estimate of drug-likeness (QED) is 0.340. The van der Waals surface area contributed by atoms with Gasteiger partial charge in [0.1, 0.15) is 11.6 Å². The van der Waals surface area contributed by atoms with Gasteiger partial charge in [-0.2, -0.15) is 5.10 Å². The number of aromatic nitrogens is 6. The van der Waals surface area contributed by atoms with E-state index < -0.39 is 10.0 Å². The molecule has 0 atom stereocenters. The fourth-order valence-corrected chi connectivity index (χ4v) is 4.55. The van der Waals surface area contributed by atoms with Crippen molar-refractivity contribution in [3.05, 3.63) is 90.6 Å². The molecule has 0 saturated heterocycles. The fourth-order valence-electron chi connectivity index (χ4n) is 3.59. The lowest BCUT2D eigenvalue weighted by Gasteiger charge is -2.10. The molecule has 0 bridgehead atoms. The average molecular weight is 487 g/mol. The molecule has 0 spiro atoms. The van der Waals surface area contributed by atoms with Crippen molar-refractivity contribution < 1.29 is 8.42 Å². The summed E-state index contributed by atoms with van der Waals surface area (Å²) in [6.07, 6.45) is 5.50. The molecule has 0 saturated carbocycles. The molecule has 0 aliphatic heterocycles. The van der Waals surface area contributed by atoms with Gasteiger partial charge < -0.3 is 5.32 Å². The largest absolute Gasteiger partial charge is 0.340 e. The Balaban J connectivity index is 1.35. The highest BCUT2D eigenvalue weighted by Gasteiger charge is 2.16. The lowest BCUT2D eigenvalue weighted by Crippen LogP contribution is -2.14. The van der Waals surface area contributed by atoms with Crippen molar-refractivity contribution in [2.75, 3.05) is 10.0 Å². The summed E-state index contributed by atoms with van der Waals surface area (Å²) in [5, 5.41) is 8.55. The number of nitrogens with one attached hydrogen (secondary N) is 2. The van der Waals surface area contributed by atoms with Crippen LogP contribution in [0.1, 0.15) is 11.4 Å². The Labute approximate surface area is 202 Å². The van der Waals surface area contributed by atoms with E-state index in [9.17, 15) is 8.42 Å². The maximum absolute atomic E-state index is 12.6. The van der Waals surface area contributed by atoms with E-state index in [2.05, 4.69) is 47.2 Å². The summed E-state index contributed by atoms with van der Waals surface area (Å²) >= 11 is 0. The van der Waals surface area contributed by atoms with Crippen molar-refractivity contribution in [3.8, 4) is 0 Å². The lowest BCUT2D eigenvalue weighted by atomic mass is 10.1. The molecule has 0 amide bonds. The van der Waals surface area contributed by atoms with Gasteiger partial charge in [0.05, 0.1) is 16.5 Å². The monoisotopic (exact) mass is 486 g/mol. The number of hydrogen-bond acceptors (Lipinski definition) is 8. The van der Waals surface area contributed by atoms with E-state index in [1.54, 1.807) is 24.4 Å². The van der Waals surface area contributed by atoms with Crippen LogP contribution in [0.3, 0.4) is 0 Å². The molecule has 0 radical (unpaired) electrons. The van der Waals surface area contributed by atoms with Gasteiger partial charge in [-0.15, -0.1) is 0 Å². The van der Waals surface area contributed by atoms with Crippen molar-refractivity contribution in [3.63, 3.8) is 0 Å². The predicted molar refractivity (Wildman–Crippen MR) is 133 cm³/mol. The summed E-state index contributed by atoms with van der Waals surface area (Å²) in [4.78, 5) is 17.0. The summed E-state index contributed by atoms with van der Waals surface area (Å²) in [5.41, 5.74) is 2.64. The zero-order valence-corrected chi connectivity index (χ0v) is 19.6. The summed E-state index contributed by atoms with van der Waals surface area (Å²) in [6, 6.07) is 18.2. The molecule has 0 unspecified atom stereocenters. The first-order chi connectivity index (χ1) is 17.0. The molecule has 10 nitrogen and oxygen atoms in total. The highest BCUT2D eigenvalue weighted by Crippen LogP contribution is 2.25. The summed E-state index contributed by atoms with van der Waals surface area (Å²) in [7, 11) is -3.81. The van der Waals surface area contributed by atoms with Gasteiger partial charge in [0, 0.05) is 24.6 Å². The maximum Gasteiger partial charge on any atom is 0.264 e. The van der Waals surface area contributed by atoms with Gasteiger partial charge >= 0.3 is 0 Å². The van der Waals surface area contributed by atoms with Crippen LogP contribution in [0.25, 0.3) is 11.0 Å². The Morgan fingerprint density at radius 3 is 2.40 bits per heavy atom. The van der Waals surface area contributed by atoms with Crippen molar-refractivity contribution in [2.45, 2.75) is 24.8 Å². The second-order valence-corrected chi connectivity index (χ2v) is 9.47. The maximum atomic E-state index is 12.6. The molecule has 3 aromatic heterocycles. The number of sulfonamides is 1. The molecule has 176 valence electrons. The van der Waals surface area contributed by atoms with Crippen LogP contribution in [0.2, 0.25) is 0 Å². The van der Waals surface area contributed by atoms with Crippen LogP contribution < -0.4 is 10.0 Å². The third-order valence-corrected chi connectivity index (χ3v) is 6.63. The Morgan fingerprint density at radius 1 is 0.914 bits per heavy atom. The normalized spacial score (nSPS) is 11.5. The van der Waals surface area contributed by atoms with Gasteiger partial charge in [0.15, 0.2) is 5.65 Å². The van der Waals surface area contributed by atoms with Gasteiger partial charge in [-0.05, 0) is 49.2 Å². The predicted octanol–water partition coefficient (Wildman–Crippen LogP) is 3.71. The molecule has 3 heterocycles. The number of nitrogens with zero attached hydrogens (tertiary/aromatic N) is 6. The van der Waals surface area contributed by atoms with Gasteiger partial charge in [0.2, 0.25) is 5.95 Å². The van der Waals surface area contributed by atoms with Crippen molar-refractivity contribution in [2.24, 2.45) is 0 Å². The van der Waals surface area contributed by atoms with E-state index >= 15 is 0 Å². The third kappa shape index (κ3) is 5.09. The summed E-state index contributed by atoms with van der Waals surface area (Å²) < 4.78 is 29.5. The molecule has 0 aliphatic carbocycles. The van der Waals surface area contributed by atoms with Crippen LogP contribution in [0.5, 0.6) is 0 Å². The Bertz CT molecular complexity index is 1550. The van der Waals surface area contributed by atoms with E-state index in [1.165, 1.54) is 30.1 Å². The first-order valence-electron chi connectivity index (χ1n) is 10.9. The van der Waals surface area contributed by atoms with E-state index in [1.807, 2.05) is 29.8 Å². The number of anilines is 3. The van der Waals surface area contributed by atoms with Crippen molar-refractivity contribution in [1.82, 2.24) is 29.7 Å². The van der Waals surface area contributed by atoms with Gasteiger partial charge in [-0.1, -0.05) is 30.3 Å². The van der Waals surface area contributed by atoms with Crippen LogP contribution in [0.4, 0.5) is 17.5 Å². The zero-order valence-electron chi connectivity index (χ0n) is 18.8. The van der Waals surface area contributed by atoms with Crippen LogP contribution in [0.15, 0.2) is 84.1 Å². The molecule has 0 aliphatic rings. The smallest absolute Gasteiger partial charge is 0.264 e. The van der Waals surface area contributed by atoms with E-state index in [-0.39, 0.29) is 10.8 Å². The molecular weight excluding hydrogens is 464 g/mol. The molecule has 2 aromatic carbocycles. The van der Waals surface area contributed by atoms with E-state index in [4.69, 9.17) is 0 Å². The zero-order chi connectivity index (χ0) is 24.3. The highest BCUT2D eigenvalue weighted by atomic mass is 32.2. The first-order valence-corrected chi connectivity index (χ1v) is 12.4.